The molecular formula is C60H40GeO2. The van der Waals surface area contributed by atoms with E-state index in [0.717, 1.165) is 66.1 Å². The SMILES string of the molecule is c1ccc(-c2ccc[c]([Ge]([c]3ccc(-c4cccc5c4oc4ccccc45)cc3)([c]3ccc(-c4cccc5c4oc4ccccc45)cc3)[c]3cccc(-c4ccccc4)c3)c2)cc1. The Hall–Kier alpha value is -7.66. The Morgan fingerprint density at radius 1 is 0.238 bits per heavy atom. The standard InChI is InChI=1S/C60H40GeO2/c1-3-15-41(16-4-1)45-19-11-21-49(39-45)61(50-22-12-20-46(40-50)42-17-5-2-6-18-42,47-35-31-43(32-36-47)51-25-13-27-55-53-23-7-9-29-57(53)62-59(51)55)48-37-33-44(34-38-48)52-26-14-28-56-54-24-8-10-30-58(54)63-60(52)56/h1-40H. The van der Waals surface area contributed by atoms with Crippen molar-refractivity contribution < 1.29 is 8.83 Å². The summed E-state index contributed by atoms with van der Waals surface area (Å²) >= 11 is -3.91. The Bertz CT molecular complexity index is 3360. The molecule has 3 heteroatoms. The third kappa shape index (κ3) is 6.25. The Balaban J connectivity index is 1.10. The van der Waals surface area contributed by atoms with Gasteiger partial charge in [-0.1, -0.05) is 0 Å². The van der Waals surface area contributed by atoms with E-state index in [1.54, 1.807) is 0 Å². The van der Waals surface area contributed by atoms with Crippen molar-refractivity contribution in [3.8, 4) is 44.5 Å². The van der Waals surface area contributed by atoms with Gasteiger partial charge in [0.05, 0.1) is 0 Å². The predicted molar refractivity (Wildman–Crippen MR) is 266 cm³/mol. The van der Waals surface area contributed by atoms with Gasteiger partial charge in [0, 0.05) is 0 Å². The van der Waals surface area contributed by atoms with Gasteiger partial charge in [-0.2, -0.15) is 0 Å². The zero-order valence-electron chi connectivity index (χ0n) is 34.4. The number of rotatable bonds is 8. The van der Waals surface area contributed by atoms with E-state index in [2.05, 4.69) is 231 Å². The molecule has 2 heterocycles. The van der Waals surface area contributed by atoms with Crippen molar-refractivity contribution in [1.29, 1.82) is 0 Å². The zero-order chi connectivity index (χ0) is 41.7. The van der Waals surface area contributed by atoms with Crippen LogP contribution in [-0.2, 0) is 0 Å². The first-order valence-electron chi connectivity index (χ1n) is 21.6. The van der Waals surface area contributed by atoms with Crippen molar-refractivity contribution in [3.63, 3.8) is 0 Å². The second kappa shape index (κ2) is 15.4. The number of hydrogen-bond acceptors (Lipinski definition) is 2. The molecule has 0 fully saturated rings. The summed E-state index contributed by atoms with van der Waals surface area (Å²) in [5, 5.41) is 4.54. The molecule has 0 aliphatic rings. The molecule has 0 aliphatic carbocycles. The van der Waals surface area contributed by atoms with Crippen LogP contribution in [0.4, 0.5) is 0 Å². The molecule has 0 N–H and O–H groups in total. The number of para-hydroxylation sites is 4. The van der Waals surface area contributed by atoms with E-state index in [-0.39, 0.29) is 0 Å². The summed E-state index contributed by atoms with van der Waals surface area (Å²) in [5.74, 6) is 0. The maximum absolute atomic E-state index is 6.55. The summed E-state index contributed by atoms with van der Waals surface area (Å²) in [6.07, 6.45) is 0. The van der Waals surface area contributed by atoms with Gasteiger partial charge in [-0.15, -0.1) is 0 Å². The molecular weight excluding hydrogens is 825 g/mol. The molecule has 0 saturated carbocycles. The van der Waals surface area contributed by atoms with E-state index in [0.29, 0.717) is 0 Å². The van der Waals surface area contributed by atoms with Crippen molar-refractivity contribution in [1.82, 2.24) is 0 Å². The minimum atomic E-state index is -3.91. The Morgan fingerprint density at radius 3 is 1.05 bits per heavy atom. The van der Waals surface area contributed by atoms with Gasteiger partial charge in [0.2, 0.25) is 0 Å². The molecule has 12 aromatic rings. The van der Waals surface area contributed by atoms with Crippen molar-refractivity contribution in [2.45, 2.75) is 0 Å². The van der Waals surface area contributed by atoms with Gasteiger partial charge in [0.1, 0.15) is 0 Å². The van der Waals surface area contributed by atoms with Crippen LogP contribution < -0.4 is 17.6 Å². The fraction of sp³-hybridized carbons (Fsp3) is 0. The van der Waals surface area contributed by atoms with Crippen LogP contribution in [-0.4, -0.2) is 13.3 Å². The number of benzene rings is 10. The van der Waals surface area contributed by atoms with Crippen molar-refractivity contribution in [3.05, 3.63) is 243 Å². The molecule has 2 aromatic heterocycles. The Kier molecular flexibility index (Phi) is 9.05. The van der Waals surface area contributed by atoms with Gasteiger partial charge in [-0.25, -0.2) is 0 Å². The van der Waals surface area contributed by atoms with Gasteiger partial charge in [-0.3, -0.25) is 0 Å². The molecule has 0 aliphatic heterocycles. The second-order valence-electron chi connectivity index (χ2n) is 16.4. The van der Waals surface area contributed by atoms with Gasteiger partial charge < -0.3 is 0 Å². The zero-order valence-corrected chi connectivity index (χ0v) is 36.5. The average Bonchev–Trinajstić information content (AvgIpc) is 3.95. The van der Waals surface area contributed by atoms with Crippen LogP contribution in [0.3, 0.4) is 0 Å². The van der Waals surface area contributed by atoms with Crippen LogP contribution in [0.5, 0.6) is 0 Å². The fourth-order valence-electron chi connectivity index (χ4n) is 9.87. The van der Waals surface area contributed by atoms with E-state index >= 15 is 0 Å². The Morgan fingerprint density at radius 2 is 0.603 bits per heavy atom. The third-order valence-electron chi connectivity index (χ3n) is 12.9. The summed E-state index contributed by atoms with van der Waals surface area (Å²) in [6.45, 7) is 0. The molecule has 0 radical (unpaired) electrons. The fourth-order valence-corrected chi connectivity index (χ4v) is 19.9. The van der Waals surface area contributed by atoms with Crippen molar-refractivity contribution in [2.75, 3.05) is 0 Å². The topological polar surface area (TPSA) is 26.3 Å². The van der Waals surface area contributed by atoms with Crippen molar-refractivity contribution in [2.24, 2.45) is 0 Å². The summed E-state index contributed by atoms with van der Waals surface area (Å²) < 4.78 is 18.5. The van der Waals surface area contributed by atoms with E-state index in [1.807, 2.05) is 12.1 Å². The summed E-state index contributed by atoms with van der Waals surface area (Å²) in [5.41, 5.74) is 12.9. The summed E-state index contributed by atoms with van der Waals surface area (Å²) in [7, 11) is 0. The Labute approximate surface area is 368 Å². The monoisotopic (exact) mass is 866 g/mol. The first kappa shape index (κ1) is 37.1. The number of hydrogen-bond donors (Lipinski definition) is 0. The second-order valence-corrected chi connectivity index (χ2v) is 24.4. The molecule has 12 rings (SSSR count). The van der Waals surface area contributed by atoms with E-state index in [9.17, 15) is 0 Å². The predicted octanol–water partition coefficient (Wildman–Crippen LogP) is 13.5. The van der Waals surface area contributed by atoms with Crippen LogP contribution in [0.15, 0.2) is 251 Å². The van der Waals surface area contributed by atoms with E-state index < -0.39 is 13.3 Å². The van der Waals surface area contributed by atoms with Gasteiger partial charge in [0.25, 0.3) is 0 Å². The minimum absolute atomic E-state index is 0.905. The normalized spacial score (nSPS) is 11.8. The summed E-state index contributed by atoms with van der Waals surface area (Å²) in [6, 6.07) is 88.8. The molecule has 63 heavy (non-hydrogen) atoms. The first-order chi connectivity index (χ1) is 31.2. The van der Waals surface area contributed by atoms with Crippen LogP contribution in [0, 0.1) is 0 Å². The molecule has 296 valence electrons. The molecule has 0 bridgehead atoms. The third-order valence-corrected chi connectivity index (χ3v) is 22.8. The molecule has 10 aromatic carbocycles. The van der Waals surface area contributed by atoms with Crippen LogP contribution in [0.25, 0.3) is 88.4 Å². The van der Waals surface area contributed by atoms with Crippen LogP contribution >= 0.6 is 0 Å². The number of furan rings is 2. The molecule has 2 nitrogen and oxygen atoms in total. The van der Waals surface area contributed by atoms with E-state index in [4.69, 9.17) is 8.83 Å². The molecule has 0 atom stereocenters. The van der Waals surface area contributed by atoms with Crippen LogP contribution in [0.1, 0.15) is 0 Å². The molecule has 0 spiro atoms. The maximum atomic E-state index is 6.55. The van der Waals surface area contributed by atoms with E-state index in [1.165, 1.54) is 39.8 Å². The molecule has 0 saturated heterocycles. The van der Waals surface area contributed by atoms with Gasteiger partial charge in [-0.05, 0) is 0 Å². The van der Waals surface area contributed by atoms with Crippen LogP contribution in [0.2, 0.25) is 0 Å². The van der Waals surface area contributed by atoms with Gasteiger partial charge in [0.15, 0.2) is 0 Å². The van der Waals surface area contributed by atoms with Crippen molar-refractivity contribution >= 4 is 74.7 Å². The number of fused-ring (bicyclic) bond motifs is 6. The summed E-state index contributed by atoms with van der Waals surface area (Å²) in [4.78, 5) is 0. The quantitative estimate of drug-likeness (QED) is 0.142. The average molecular weight is 866 g/mol. The van der Waals surface area contributed by atoms with Gasteiger partial charge >= 0.3 is 371 Å². The molecule has 0 unspecified atom stereocenters. The molecule has 0 amide bonds. The first-order valence-corrected chi connectivity index (χ1v) is 25.8.